The van der Waals surface area contributed by atoms with Crippen LogP contribution in [-0.4, -0.2) is 56.0 Å². The summed E-state index contributed by atoms with van der Waals surface area (Å²) in [5, 5.41) is 12.2. The molecule has 2 saturated heterocycles. The molecule has 2 aliphatic heterocycles. The number of aliphatic hydroxyl groups is 1. The lowest BCUT2D eigenvalue weighted by molar-refractivity contribution is -0.149. The Kier molecular flexibility index (Phi) is 46.4. The third-order valence-electron chi connectivity index (χ3n) is 17.2. The van der Waals surface area contributed by atoms with Crippen molar-refractivity contribution in [2.75, 3.05) is 39.5 Å². The van der Waals surface area contributed by atoms with Crippen molar-refractivity contribution in [3.63, 3.8) is 0 Å². The molecule has 3 aromatic rings. The highest BCUT2D eigenvalue weighted by Gasteiger charge is 2.28. The fourth-order valence-electron chi connectivity index (χ4n) is 10.7. The summed E-state index contributed by atoms with van der Waals surface area (Å²) in [6, 6.07) is 20.2. The Hall–Kier alpha value is -2.91. The Morgan fingerprint density at radius 3 is 1.48 bits per heavy atom. The quantitative estimate of drug-likeness (QED) is 0.132. The molecule has 2 N–H and O–H groups in total. The van der Waals surface area contributed by atoms with Gasteiger partial charge in [0.2, 0.25) is 0 Å². The fraction of sp³-hybridized carbons (Fsp3) is 0.747. The SMILES string of the molecule is CC(C)C1CCC(Cl)C1.CC(C)C1CCC1.CC(C)C1CCOC1.CC(C)CC1CCCNC1.CC(C)CCO.CC(C)c1ccc(F)cc1.CC(C)c1cccc(F)c1.CC(C)c1ccccc1F.CCOC(=O)C1CCC(C(C)C)CC1. The topological polar surface area (TPSA) is 67.8 Å². The molecule has 3 aliphatic carbocycles. The van der Waals surface area contributed by atoms with Gasteiger partial charge in [0.1, 0.15) is 17.5 Å². The Balaban J connectivity index is 0.000000930. The van der Waals surface area contributed by atoms with Crippen molar-refractivity contribution >= 4 is 17.6 Å². The second-order valence-electron chi connectivity index (χ2n) is 27.7. The number of piperidine rings is 1. The predicted molar refractivity (Wildman–Crippen MR) is 358 cm³/mol. The number of aliphatic hydroxyl groups excluding tert-OH is 1. The third-order valence-corrected chi connectivity index (χ3v) is 17.6. The predicted octanol–water partition coefficient (Wildman–Crippen LogP) is 22.1. The summed E-state index contributed by atoms with van der Waals surface area (Å²) in [4.78, 5) is 11.5. The van der Waals surface area contributed by atoms with Gasteiger partial charge in [0, 0.05) is 25.2 Å². The Bertz CT molecular complexity index is 2000. The molecule has 4 atom stereocenters. The molecule has 4 unspecified atom stereocenters. The molecule has 5 aliphatic rings. The third kappa shape index (κ3) is 39.8. The minimum atomic E-state index is -0.163. The number of benzene rings is 3. The van der Waals surface area contributed by atoms with Crippen molar-refractivity contribution in [3.05, 3.63) is 107 Å². The van der Waals surface area contributed by atoms with Gasteiger partial charge in [-0.3, -0.25) is 4.79 Å². The minimum absolute atomic E-state index is 0.0229. The Morgan fingerprint density at radius 1 is 0.595 bits per heavy atom. The molecule has 9 heteroatoms. The molecule has 2 heterocycles. The van der Waals surface area contributed by atoms with Gasteiger partial charge in [-0.2, -0.15) is 0 Å². The van der Waals surface area contributed by atoms with E-state index in [1.54, 1.807) is 18.2 Å². The van der Waals surface area contributed by atoms with E-state index in [0.717, 1.165) is 103 Å². The standard InChI is InChI=1S/C12H22O2.3C9H11F.C9H19N.C8H15Cl.C7H14O.C7H14.C5H12O/c1-4-14-12(13)11-7-5-10(6-8-11)9(2)3;1-7(2)8-3-5-9(10)6-4-8;1-7(2)8-4-3-5-9(10)6-8;1-7(2)8-5-3-4-6-9(8)10;1-8(2)6-9-4-3-5-10-7-9;1-6(2)7-3-4-8(9)5-7;1-6(2)7-3-4-8-5-7;1-6(2)7-4-3-5-7;1-5(2)3-4-6/h9-11H,4-8H2,1-3H3;3*3-7H,1-2H3;8-10H,3-7H2,1-2H3;6-8H,3-5H2,1-2H3;6-7H,3-5H2,1-2H3;6-7H,3-5H2,1-2H3;5-6H,3-4H2,1-2H3. The van der Waals surface area contributed by atoms with Gasteiger partial charge in [0.05, 0.1) is 12.5 Å². The van der Waals surface area contributed by atoms with Crippen molar-refractivity contribution < 1.29 is 32.5 Å². The van der Waals surface area contributed by atoms with Gasteiger partial charge in [-0.05, 0) is 227 Å². The lowest BCUT2D eigenvalue weighted by atomic mass is 9.77. The van der Waals surface area contributed by atoms with Crippen LogP contribution < -0.4 is 5.32 Å². The van der Waals surface area contributed by atoms with Crippen LogP contribution in [0.2, 0.25) is 0 Å². The summed E-state index contributed by atoms with van der Waals surface area (Å²) >= 11 is 5.95. The molecule has 3 saturated carbocycles. The lowest BCUT2D eigenvalue weighted by Gasteiger charge is -2.29. The van der Waals surface area contributed by atoms with E-state index in [2.05, 4.69) is 116 Å². The zero-order chi connectivity index (χ0) is 63.7. The second-order valence-corrected chi connectivity index (χ2v) is 28.3. The van der Waals surface area contributed by atoms with Crippen LogP contribution in [0.5, 0.6) is 0 Å². The summed E-state index contributed by atoms with van der Waals surface area (Å²) in [6.07, 6.45) is 19.2. The summed E-state index contributed by atoms with van der Waals surface area (Å²) < 4.78 is 48.0. The fourth-order valence-corrected chi connectivity index (χ4v) is 11.1. The molecule has 0 bridgehead atoms. The molecule has 5 fully saturated rings. The highest BCUT2D eigenvalue weighted by Crippen LogP contribution is 2.35. The average Bonchev–Trinajstić information content (AvgIpc) is 4.16. The number of hydrogen-bond donors (Lipinski definition) is 2. The number of hydrogen-bond acceptors (Lipinski definition) is 5. The molecule has 0 aromatic heterocycles. The number of rotatable bonds is 13. The molecule has 0 radical (unpaired) electrons. The summed E-state index contributed by atoms with van der Waals surface area (Å²) in [5.74, 6) is 10.5. The zero-order valence-electron chi connectivity index (χ0n) is 57.2. The lowest BCUT2D eigenvalue weighted by Crippen LogP contribution is -2.30. The maximum absolute atomic E-state index is 12.8. The molecule has 0 amide bonds. The van der Waals surface area contributed by atoms with E-state index in [-0.39, 0.29) is 35.3 Å². The number of esters is 1. The van der Waals surface area contributed by atoms with Crippen LogP contribution in [0, 0.1) is 88.5 Å². The highest BCUT2D eigenvalue weighted by molar-refractivity contribution is 6.20. The number of halogens is 4. The molecule has 84 heavy (non-hydrogen) atoms. The van der Waals surface area contributed by atoms with Crippen LogP contribution in [0.3, 0.4) is 0 Å². The van der Waals surface area contributed by atoms with Gasteiger partial charge in [0.15, 0.2) is 0 Å². The van der Waals surface area contributed by atoms with Gasteiger partial charge in [0.25, 0.3) is 0 Å². The number of alkyl halides is 1. The Labute approximate surface area is 521 Å². The molecule has 0 spiro atoms. The van der Waals surface area contributed by atoms with E-state index in [4.69, 9.17) is 26.2 Å². The van der Waals surface area contributed by atoms with Crippen molar-refractivity contribution in [2.45, 2.75) is 251 Å². The van der Waals surface area contributed by atoms with Crippen molar-refractivity contribution in [1.29, 1.82) is 0 Å². The number of nitrogens with one attached hydrogen (secondary N) is 1. The molecule has 486 valence electrons. The van der Waals surface area contributed by atoms with E-state index in [1.807, 2.05) is 51.1 Å². The van der Waals surface area contributed by atoms with Crippen LogP contribution in [0.4, 0.5) is 13.2 Å². The van der Waals surface area contributed by atoms with Crippen LogP contribution in [-0.2, 0) is 14.3 Å². The van der Waals surface area contributed by atoms with Crippen LogP contribution in [0.25, 0.3) is 0 Å². The van der Waals surface area contributed by atoms with Gasteiger partial charge in [-0.1, -0.05) is 186 Å². The number of ether oxygens (including phenoxy) is 2. The first-order chi connectivity index (χ1) is 39.6. The monoisotopic (exact) mass is 1200 g/mol. The van der Waals surface area contributed by atoms with Gasteiger partial charge < -0.3 is 19.9 Å². The van der Waals surface area contributed by atoms with Crippen molar-refractivity contribution in [3.8, 4) is 0 Å². The maximum Gasteiger partial charge on any atom is 0.308 e. The first-order valence-electron chi connectivity index (χ1n) is 33.6. The van der Waals surface area contributed by atoms with Crippen molar-refractivity contribution in [2.24, 2.45) is 71.0 Å². The minimum Gasteiger partial charge on any atom is -0.466 e. The van der Waals surface area contributed by atoms with Crippen molar-refractivity contribution in [1.82, 2.24) is 5.32 Å². The molecule has 8 rings (SSSR count). The molecular formula is C75H129ClF3NO4. The zero-order valence-corrected chi connectivity index (χ0v) is 58.0. The van der Waals surface area contributed by atoms with E-state index in [0.29, 0.717) is 36.3 Å². The average molecular weight is 1200 g/mol. The van der Waals surface area contributed by atoms with Crippen LogP contribution >= 0.6 is 11.6 Å². The molecule has 5 nitrogen and oxygen atoms in total. The van der Waals surface area contributed by atoms with Gasteiger partial charge in [-0.15, -0.1) is 11.6 Å². The largest absolute Gasteiger partial charge is 0.466 e. The number of carbonyl (C=O) groups excluding carboxylic acids is 1. The van der Waals surface area contributed by atoms with Crippen LogP contribution in [0.1, 0.15) is 262 Å². The van der Waals surface area contributed by atoms with Crippen LogP contribution in [0.15, 0.2) is 72.8 Å². The first-order valence-corrected chi connectivity index (χ1v) is 34.0. The second kappa shape index (κ2) is 48.1. The normalized spacial score (nSPS) is 20.9. The molecule has 3 aromatic carbocycles. The van der Waals surface area contributed by atoms with Gasteiger partial charge >= 0.3 is 5.97 Å². The smallest absolute Gasteiger partial charge is 0.308 e. The first kappa shape index (κ1) is 81.1. The summed E-state index contributed by atoms with van der Waals surface area (Å²) in [6.45, 7) is 46.6. The van der Waals surface area contributed by atoms with E-state index in [1.165, 1.54) is 120 Å². The maximum atomic E-state index is 12.8. The van der Waals surface area contributed by atoms with E-state index >= 15 is 0 Å². The Morgan fingerprint density at radius 2 is 1.15 bits per heavy atom. The number of carbonyl (C=O) groups is 1. The summed E-state index contributed by atoms with van der Waals surface area (Å²) in [7, 11) is 0. The highest BCUT2D eigenvalue weighted by atomic mass is 35.5. The summed E-state index contributed by atoms with van der Waals surface area (Å²) in [5.41, 5.74) is 3.03. The van der Waals surface area contributed by atoms with E-state index < -0.39 is 0 Å². The van der Waals surface area contributed by atoms with Gasteiger partial charge in [-0.25, -0.2) is 13.2 Å². The van der Waals surface area contributed by atoms with E-state index in [9.17, 15) is 18.0 Å². The molecular weight excluding hydrogens is 1070 g/mol.